The molecule has 3 amide bonds. The molecule has 1 rings (SSSR count). The summed E-state index contributed by atoms with van der Waals surface area (Å²) in [5, 5.41) is 4.89. The zero-order valence-electron chi connectivity index (χ0n) is 12.6. The van der Waals surface area contributed by atoms with Crippen molar-refractivity contribution in [2.45, 2.75) is 31.8 Å². The minimum absolute atomic E-state index is 0.0512. The third-order valence-electron chi connectivity index (χ3n) is 3.03. The molecular weight excluding hydrogens is 301 g/mol. The highest BCUT2D eigenvalue weighted by atomic mass is 19.1. The number of primary amides is 1. The average molecular weight is 319 g/mol. The molecule has 7 heteroatoms. The van der Waals surface area contributed by atoms with E-state index in [1.165, 1.54) is 31.2 Å². The number of terminal acetylenes is 1. The molecule has 1 aromatic carbocycles. The molecule has 122 valence electrons. The maximum absolute atomic E-state index is 12.9. The zero-order chi connectivity index (χ0) is 17.4. The van der Waals surface area contributed by atoms with Gasteiger partial charge in [-0.05, 0) is 17.7 Å². The number of rotatable bonds is 7. The van der Waals surface area contributed by atoms with E-state index in [2.05, 4.69) is 16.6 Å². The Bertz CT molecular complexity index is 622. The number of benzene rings is 1. The lowest BCUT2D eigenvalue weighted by molar-refractivity contribution is -0.130. The molecule has 0 saturated carbocycles. The summed E-state index contributed by atoms with van der Waals surface area (Å²) in [6.45, 7) is 1.26. The van der Waals surface area contributed by atoms with Crippen LogP contribution in [-0.2, 0) is 20.8 Å². The zero-order valence-corrected chi connectivity index (χ0v) is 12.6. The van der Waals surface area contributed by atoms with Crippen LogP contribution in [0.4, 0.5) is 4.39 Å². The van der Waals surface area contributed by atoms with Gasteiger partial charge < -0.3 is 16.4 Å². The van der Waals surface area contributed by atoms with Crippen LogP contribution >= 0.6 is 0 Å². The molecule has 0 radical (unpaired) electrons. The highest BCUT2D eigenvalue weighted by Crippen LogP contribution is 2.07. The molecule has 0 aromatic heterocycles. The lowest BCUT2D eigenvalue weighted by atomic mass is 10.0. The first-order valence-electron chi connectivity index (χ1n) is 6.88. The van der Waals surface area contributed by atoms with Crippen molar-refractivity contribution in [1.29, 1.82) is 0 Å². The molecule has 2 atom stereocenters. The van der Waals surface area contributed by atoms with Crippen LogP contribution in [-0.4, -0.2) is 29.8 Å². The average Bonchev–Trinajstić information content (AvgIpc) is 2.47. The van der Waals surface area contributed by atoms with Crippen LogP contribution in [0, 0.1) is 18.2 Å². The van der Waals surface area contributed by atoms with Gasteiger partial charge in [0.2, 0.25) is 17.7 Å². The second-order valence-electron chi connectivity index (χ2n) is 4.96. The third-order valence-corrected chi connectivity index (χ3v) is 3.03. The molecule has 0 spiro atoms. The Balaban J connectivity index is 2.85. The Morgan fingerprint density at radius 1 is 1.22 bits per heavy atom. The first-order valence-corrected chi connectivity index (χ1v) is 6.88. The molecule has 0 unspecified atom stereocenters. The molecule has 0 aliphatic carbocycles. The Kier molecular flexibility index (Phi) is 6.74. The van der Waals surface area contributed by atoms with Gasteiger partial charge in [-0.2, -0.15) is 0 Å². The van der Waals surface area contributed by atoms with Gasteiger partial charge in [-0.25, -0.2) is 4.39 Å². The van der Waals surface area contributed by atoms with Gasteiger partial charge in [0.05, 0.1) is 0 Å². The van der Waals surface area contributed by atoms with E-state index >= 15 is 0 Å². The highest BCUT2D eigenvalue weighted by Gasteiger charge is 2.24. The molecule has 23 heavy (non-hydrogen) atoms. The van der Waals surface area contributed by atoms with E-state index in [4.69, 9.17) is 12.2 Å². The number of carbonyl (C=O) groups excluding carboxylic acids is 3. The van der Waals surface area contributed by atoms with E-state index in [1.54, 1.807) is 0 Å². The predicted octanol–water partition coefficient (Wildman–Crippen LogP) is -0.134. The molecule has 0 bridgehead atoms. The minimum atomic E-state index is -1.02. The van der Waals surface area contributed by atoms with E-state index in [9.17, 15) is 18.8 Å². The van der Waals surface area contributed by atoms with Crippen LogP contribution in [0.5, 0.6) is 0 Å². The van der Waals surface area contributed by atoms with Crippen LogP contribution < -0.4 is 16.4 Å². The van der Waals surface area contributed by atoms with Gasteiger partial charge in [-0.15, -0.1) is 12.3 Å². The van der Waals surface area contributed by atoms with Gasteiger partial charge in [0.15, 0.2) is 0 Å². The molecule has 0 fully saturated rings. The van der Waals surface area contributed by atoms with Gasteiger partial charge >= 0.3 is 0 Å². The maximum atomic E-state index is 12.9. The van der Waals surface area contributed by atoms with Crippen LogP contribution in [0.1, 0.15) is 18.9 Å². The van der Waals surface area contributed by atoms with Gasteiger partial charge in [0.25, 0.3) is 0 Å². The topological polar surface area (TPSA) is 101 Å². The second-order valence-corrected chi connectivity index (χ2v) is 4.96. The second kappa shape index (κ2) is 8.54. The van der Waals surface area contributed by atoms with Crippen molar-refractivity contribution in [3.8, 4) is 12.3 Å². The summed E-state index contributed by atoms with van der Waals surface area (Å²) in [4.78, 5) is 34.8. The summed E-state index contributed by atoms with van der Waals surface area (Å²) in [6.07, 6.45) is 5.20. The van der Waals surface area contributed by atoms with Crippen LogP contribution in [0.3, 0.4) is 0 Å². The van der Waals surface area contributed by atoms with E-state index < -0.39 is 35.6 Å². The molecule has 0 heterocycles. The summed E-state index contributed by atoms with van der Waals surface area (Å²) >= 11 is 0. The molecule has 4 N–H and O–H groups in total. The smallest absolute Gasteiger partial charge is 0.243 e. The fourth-order valence-corrected chi connectivity index (χ4v) is 1.92. The number of amides is 3. The normalized spacial score (nSPS) is 12.6. The summed E-state index contributed by atoms with van der Waals surface area (Å²) in [6, 6.07) is 3.56. The standard InChI is InChI=1S/C16H18FN3O3/c1-3-4-13(15(18)22)20-16(23)14(19-10(2)21)9-11-5-7-12(17)8-6-11/h1,5-8,13-14H,4,9H2,2H3,(H2,18,22)(H,19,21)(H,20,23)/t13-,14+/m0/s1. The van der Waals surface area contributed by atoms with Crippen LogP contribution in [0.2, 0.25) is 0 Å². The van der Waals surface area contributed by atoms with E-state index in [0.29, 0.717) is 5.56 Å². The van der Waals surface area contributed by atoms with Gasteiger partial charge in [-0.1, -0.05) is 12.1 Å². The summed E-state index contributed by atoms with van der Waals surface area (Å²) in [7, 11) is 0. The first-order chi connectivity index (χ1) is 10.8. The highest BCUT2D eigenvalue weighted by molar-refractivity contribution is 5.91. The lowest BCUT2D eigenvalue weighted by Crippen LogP contribution is -2.53. The Morgan fingerprint density at radius 2 is 1.83 bits per heavy atom. The molecular formula is C16H18FN3O3. The molecule has 6 nitrogen and oxygen atoms in total. The fourth-order valence-electron chi connectivity index (χ4n) is 1.92. The number of nitrogens with one attached hydrogen (secondary N) is 2. The molecule has 0 saturated heterocycles. The fraction of sp³-hybridized carbons (Fsp3) is 0.312. The molecule has 0 aliphatic rings. The van der Waals surface area contributed by atoms with Crippen molar-refractivity contribution in [1.82, 2.24) is 10.6 Å². The van der Waals surface area contributed by atoms with Gasteiger partial charge in [-0.3, -0.25) is 14.4 Å². The number of hydrogen-bond donors (Lipinski definition) is 3. The number of nitrogens with two attached hydrogens (primary N) is 1. The van der Waals surface area contributed by atoms with Crippen molar-refractivity contribution < 1.29 is 18.8 Å². The largest absolute Gasteiger partial charge is 0.368 e. The SMILES string of the molecule is C#CC[C@H](NC(=O)[C@@H](Cc1ccc(F)cc1)NC(C)=O)C(N)=O. The summed E-state index contributed by atoms with van der Waals surface area (Å²) in [5.74, 6) is 0.0652. The number of halogens is 1. The van der Waals surface area contributed by atoms with Crippen molar-refractivity contribution in [3.63, 3.8) is 0 Å². The predicted molar refractivity (Wildman–Crippen MR) is 82.3 cm³/mol. The van der Waals surface area contributed by atoms with E-state index in [1.807, 2.05) is 0 Å². The Labute approximate surface area is 133 Å². The van der Waals surface area contributed by atoms with Crippen molar-refractivity contribution in [3.05, 3.63) is 35.6 Å². The van der Waals surface area contributed by atoms with Crippen molar-refractivity contribution in [2.24, 2.45) is 5.73 Å². The van der Waals surface area contributed by atoms with Crippen molar-refractivity contribution in [2.75, 3.05) is 0 Å². The van der Waals surface area contributed by atoms with Crippen LogP contribution in [0.15, 0.2) is 24.3 Å². The van der Waals surface area contributed by atoms with Gasteiger partial charge in [0, 0.05) is 19.8 Å². The third kappa shape index (κ3) is 6.18. The van der Waals surface area contributed by atoms with Crippen LogP contribution in [0.25, 0.3) is 0 Å². The lowest BCUT2D eigenvalue weighted by Gasteiger charge is -2.20. The maximum Gasteiger partial charge on any atom is 0.243 e. The van der Waals surface area contributed by atoms with Gasteiger partial charge in [0.1, 0.15) is 17.9 Å². The summed E-state index contributed by atoms with van der Waals surface area (Å²) in [5.41, 5.74) is 5.81. The molecule has 1 aromatic rings. The minimum Gasteiger partial charge on any atom is -0.368 e. The van der Waals surface area contributed by atoms with Crippen molar-refractivity contribution >= 4 is 17.7 Å². The monoisotopic (exact) mass is 319 g/mol. The first kappa shape index (κ1) is 18.2. The molecule has 0 aliphatic heterocycles. The number of hydrogen-bond acceptors (Lipinski definition) is 3. The van der Waals surface area contributed by atoms with E-state index in [0.717, 1.165) is 0 Å². The Morgan fingerprint density at radius 3 is 2.30 bits per heavy atom. The Hall–Kier alpha value is -2.88. The summed E-state index contributed by atoms with van der Waals surface area (Å²) < 4.78 is 12.9. The number of carbonyl (C=O) groups is 3. The van der Waals surface area contributed by atoms with E-state index in [-0.39, 0.29) is 12.8 Å². The quantitative estimate of drug-likeness (QED) is 0.610.